The second kappa shape index (κ2) is 8.65. The molecule has 1 N–H and O–H groups in total. The largest absolute Gasteiger partial charge is 0.338 e. The lowest BCUT2D eigenvalue weighted by Gasteiger charge is -2.30. The van der Waals surface area contributed by atoms with Gasteiger partial charge in [0.25, 0.3) is 0 Å². The van der Waals surface area contributed by atoms with Crippen LogP contribution >= 0.6 is 0 Å². The fourth-order valence-corrected chi connectivity index (χ4v) is 2.85. The summed E-state index contributed by atoms with van der Waals surface area (Å²) in [6.07, 6.45) is 0.819. The van der Waals surface area contributed by atoms with Gasteiger partial charge in [-0.3, -0.25) is 9.59 Å². The molecule has 2 aromatic rings. The number of benzene rings is 2. The summed E-state index contributed by atoms with van der Waals surface area (Å²) in [4.78, 5) is 27.6. The van der Waals surface area contributed by atoms with Crippen LogP contribution in [-0.4, -0.2) is 23.3 Å². The zero-order chi connectivity index (χ0) is 19.2. The van der Waals surface area contributed by atoms with Crippen LogP contribution in [0.2, 0.25) is 0 Å². The highest BCUT2D eigenvalue weighted by atomic mass is 16.2. The molecule has 138 valence electrons. The van der Waals surface area contributed by atoms with E-state index in [1.165, 1.54) is 0 Å². The van der Waals surface area contributed by atoms with Gasteiger partial charge in [-0.05, 0) is 44.4 Å². The molecule has 4 heteroatoms. The summed E-state index contributed by atoms with van der Waals surface area (Å²) in [7, 11) is 0. The highest BCUT2D eigenvalue weighted by Crippen LogP contribution is 2.24. The summed E-state index contributed by atoms with van der Waals surface area (Å²) in [5.41, 5.74) is 1.73. The molecule has 2 aromatic carbocycles. The van der Waals surface area contributed by atoms with Gasteiger partial charge < -0.3 is 10.2 Å². The van der Waals surface area contributed by atoms with Crippen LogP contribution in [0, 0.1) is 5.41 Å². The lowest BCUT2D eigenvalue weighted by Crippen LogP contribution is -2.47. The maximum absolute atomic E-state index is 13.1. The number of nitrogens with one attached hydrogen (secondary N) is 1. The van der Waals surface area contributed by atoms with Crippen molar-refractivity contribution in [3.8, 4) is 0 Å². The van der Waals surface area contributed by atoms with E-state index in [1.54, 1.807) is 18.7 Å². The molecule has 0 aliphatic heterocycles. The normalized spacial score (nSPS) is 11.1. The minimum absolute atomic E-state index is 0.171. The topological polar surface area (TPSA) is 49.4 Å². The summed E-state index contributed by atoms with van der Waals surface area (Å²) < 4.78 is 0. The molecular weight excluding hydrogens is 324 g/mol. The Morgan fingerprint density at radius 1 is 0.962 bits per heavy atom. The third kappa shape index (κ3) is 4.51. The number of amides is 2. The molecule has 0 saturated heterocycles. The zero-order valence-electron chi connectivity index (χ0n) is 16.1. The molecule has 26 heavy (non-hydrogen) atoms. The Balaban J connectivity index is 2.15. The van der Waals surface area contributed by atoms with Crippen molar-refractivity contribution in [2.45, 2.75) is 40.7 Å². The third-order valence-electron chi connectivity index (χ3n) is 4.63. The van der Waals surface area contributed by atoms with Gasteiger partial charge in [-0.15, -0.1) is 0 Å². The van der Waals surface area contributed by atoms with E-state index < -0.39 is 5.41 Å². The van der Waals surface area contributed by atoms with Gasteiger partial charge in [-0.1, -0.05) is 55.5 Å². The van der Waals surface area contributed by atoms with Gasteiger partial charge in [0.2, 0.25) is 11.8 Å². The second-order valence-corrected chi connectivity index (χ2v) is 6.89. The minimum atomic E-state index is -1.15. The average Bonchev–Trinajstić information content (AvgIpc) is 2.66. The Morgan fingerprint density at radius 3 is 2.19 bits per heavy atom. The molecule has 0 heterocycles. The van der Waals surface area contributed by atoms with Gasteiger partial charge in [0.05, 0.1) is 0 Å². The molecule has 0 radical (unpaired) electrons. The highest BCUT2D eigenvalue weighted by molar-refractivity contribution is 6.10. The Bertz CT molecular complexity index is 754. The summed E-state index contributed by atoms with van der Waals surface area (Å²) >= 11 is 0. The molecule has 0 atom stereocenters. The molecule has 0 saturated carbocycles. The summed E-state index contributed by atoms with van der Waals surface area (Å²) in [6.45, 7) is 8.40. The molecule has 0 spiro atoms. The van der Waals surface area contributed by atoms with Crippen molar-refractivity contribution >= 4 is 17.5 Å². The Morgan fingerprint density at radius 2 is 1.58 bits per heavy atom. The molecule has 0 fully saturated rings. The fraction of sp³-hybridized carbons (Fsp3) is 0.364. The number of rotatable bonds is 7. The van der Waals surface area contributed by atoms with Crippen LogP contribution in [0.4, 0.5) is 5.69 Å². The molecule has 0 aliphatic carbocycles. The van der Waals surface area contributed by atoms with Crippen LogP contribution in [0.1, 0.15) is 38.8 Å². The van der Waals surface area contributed by atoms with E-state index >= 15 is 0 Å². The molecular formula is C22H28N2O2. The van der Waals surface area contributed by atoms with E-state index in [1.807, 2.05) is 68.4 Å². The first-order valence-corrected chi connectivity index (χ1v) is 9.12. The van der Waals surface area contributed by atoms with Crippen molar-refractivity contribution in [1.82, 2.24) is 4.90 Å². The van der Waals surface area contributed by atoms with Gasteiger partial charge in [-0.25, -0.2) is 0 Å². The van der Waals surface area contributed by atoms with Crippen LogP contribution in [0.5, 0.6) is 0 Å². The average molecular weight is 352 g/mol. The third-order valence-corrected chi connectivity index (χ3v) is 4.63. The van der Waals surface area contributed by atoms with E-state index in [-0.39, 0.29) is 11.8 Å². The summed E-state index contributed by atoms with van der Waals surface area (Å²) in [5.74, 6) is -0.453. The van der Waals surface area contributed by atoms with Gasteiger partial charge in [0.1, 0.15) is 5.41 Å². The van der Waals surface area contributed by atoms with Gasteiger partial charge in [0, 0.05) is 18.8 Å². The molecule has 0 aromatic heterocycles. The van der Waals surface area contributed by atoms with Crippen molar-refractivity contribution in [3.63, 3.8) is 0 Å². The number of carbonyl (C=O) groups is 2. The maximum atomic E-state index is 13.1. The van der Waals surface area contributed by atoms with Crippen molar-refractivity contribution in [3.05, 3.63) is 65.7 Å². The molecule has 4 nitrogen and oxygen atoms in total. The van der Waals surface area contributed by atoms with E-state index in [4.69, 9.17) is 0 Å². The number of aryl methyl sites for hydroxylation is 1. The van der Waals surface area contributed by atoms with Gasteiger partial charge in [0.15, 0.2) is 0 Å². The fourth-order valence-electron chi connectivity index (χ4n) is 2.85. The highest BCUT2D eigenvalue weighted by Gasteiger charge is 2.39. The summed E-state index contributed by atoms with van der Waals surface area (Å²) in [6, 6.07) is 17.5. The van der Waals surface area contributed by atoms with Crippen LogP contribution in [-0.2, 0) is 22.6 Å². The van der Waals surface area contributed by atoms with Crippen LogP contribution in [0.15, 0.2) is 54.6 Å². The minimum Gasteiger partial charge on any atom is -0.338 e. The predicted molar refractivity (Wildman–Crippen MR) is 106 cm³/mol. The maximum Gasteiger partial charge on any atom is 0.239 e. The SMILES string of the molecule is CCc1ccccc1NC(=O)C(C)(C)C(=O)N(CC)Cc1ccccc1. The van der Waals surface area contributed by atoms with Crippen LogP contribution < -0.4 is 5.32 Å². The van der Waals surface area contributed by atoms with E-state index in [9.17, 15) is 9.59 Å². The van der Waals surface area contributed by atoms with Gasteiger partial charge in [-0.2, -0.15) is 0 Å². The Hall–Kier alpha value is -2.62. The zero-order valence-corrected chi connectivity index (χ0v) is 16.1. The molecule has 2 rings (SSSR count). The number of anilines is 1. The van der Waals surface area contributed by atoms with E-state index in [0.717, 1.165) is 23.2 Å². The van der Waals surface area contributed by atoms with Gasteiger partial charge >= 0.3 is 0 Å². The number of hydrogen-bond donors (Lipinski definition) is 1. The first-order valence-electron chi connectivity index (χ1n) is 9.12. The number of carbonyl (C=O) groups excluding carboxylic acids is 2. The van der Waals surface area contributed by atoms with E-state index in [2.05, 4.69) is 5.32 Å². The van der Waals surface area contributed by atoms with Crippen LogP contribution in [0.25, 0.3) is 0 Å². The van der Waals surface area contributed by atoms with Crippen molar-refractivity contribution in [2.24, 2.45) is 5.41 Å². The molecule has 0 bridgehead atoms. The van der Waals surface area contributed by atoms with E-state index in [0.29, 0.717) is 13.1 Å². The first kappa shape index (κ1) is 19.7. The second-order valence-electron chi connectivity index (χ2n) is 6.89. The van der Waals surface area contributed by atoms with Crippen LogP contribution in [0.3, 0.4) is 0 Å². The smallest absolute Gasteiger partial charge is 0.239 e. The lowest BCUT2D eigenvalue weighted by molar-refractivity contribution is -0.146. The Kier molecular flexibility index (Phi) is 6.56. The first-order chi connectivity index (χ1) is 12.4. The summed E-state index contributed by atoms with van der Waals surface area (Å²) in [5, 5.41) is 2.94. The van der Waals surface area contributed by atoms with Crippen molar-refractivity contribution in [1.29, 1.82) is 0 Å². The lowest BCUT2D eigenvalue weighted by atomic mass is 9.89. The standard InChI is InChI=1S/C22H28N2O2/c1-5-18-14-10-11-15-19(18)23-20(25)22(3,4)21(26)24(6-2)16-17-12-8-7-9-13-17/h7-15H,5-6,16H2,1-4H3,(H,23,25). The Labute approximate surface area is 156 Å². The molecule has 0 unspecified atom stereocenters. The predicted octanol–water partition coefficient (Wildman–Crippen LogP) is 4.26. The molecule has 0 aliphatic rings. The quantitative estimate of drug-likeness (QED) is 0.757. The number of hydrogen-bond acceptors (Lipinski definition) is 2. The van der Waals surface area contributed by atoms with Crippen molar-refractivity contribution < 1.29 is 9.59 Å². The monoisotopic (exact) mass is 352 g/mol. The number of para-hydroxylation sites is 1. The molecule has 2 amide bonds. The van der Waals surface area contributed by atoms with Crippen molar-refractivity contribution in [2.75, 3.05) is 11.9 Å². The number of nitrogens with zero attached hydrogens (tertiary/aromatic N) is 1.